The van der Waals surface area contributed by atoms with Gasteiger partial charge in [-0.3, -0.25) is 9.59 Å². The summed E-state index contributed by atoms with van der Waals surface area (Å²) in [6.07, 6.45) is 71.6. The Kier molecular flexibility index (Phi) is 48.3. The number of carbonyl (C=O) groups excluding carboxylic acids is 2. The lowest BCUT2D eigenvalue weighted by molar-refractivity contribution is -0.148. The Morgan fingerprint density at radius 3 is 1.22 bits per heavy atom. The largest absolute Gasteiger partial charge is 0.458 e. The highest BCUT2D eigenvalue weighted by Crippen LogP contribution is 2.16. The van der Waals surface area contributed by atoms with Gasteiger partial charge in [0.15, 0.2) is 0 Å². The fraction of sp³-hybridized carbons (Fsp3) is 0.627. The van der Waals surface area contributed by atoms with Crippen molar-refractivity contribution in [2.45, 2.75) is 232 Å². The van der Waals surface area contributed by atoms with Crippen molar-refractivity contribution in [3.63, 3.8) is 0 Å². The Morgan fingerprint density at radius 1 is 0.477 bits per heavy atom. The predicted molar refractivity (Wildman–Crippen MR) is 282 cm³/mol. The molecule has 3 N–H and O–H groups in total. The van der Waals surface area contributed by atoms with E-state index < -0.39 is 18.2 Å². The van der Waals surface area contributed by atoms with Crippen molar-refractivity contribution in [3.8, 4) is 0 Å². The van der Waals surface area contributed by atoms with Crippen LogP contribution >= 0.6 is 0 Å². The molecule has 0 spiro atoms. The van der Waals surface area contributed by atoms with E-state index in [1.807, 2.05) is 12.2 Å². The molecule has 0 aromatic rings. The number of ether oxygens (including phenoxy) is 1. The van der Waals surface area contributed by atoms with Crippen LogP contribution in [0.3, 0.4) is 0 Å². The summed E-state index contributed by atoms with van der Waals surface area (Å²) in [4.78, 5) is 26.1. The van der Waals surface area contributed by atoms with Gasteiger partial charge in [-0.15, -0.1) is 0 Å². The first-order valence-electron chi connectivity index (χ1n) is 26.3. The second-order valence-electron chi connectivity index (χ2n) is 17.2. The van der Waals surface area contributed by atoms with E-state index in [2.05, 4.69) is 129 Å². The topological polar surface area (TPSA) is 95.9 Å². The van der Waals surface area contributed by atoms with Crippen LogP contribution in [0.4, 0.5) is 0 Å². The molecule has 0 fully saturated rings. The minimum absolute atomic E-state index is 0.0830. The monoisotopic (exact) mass is 900 g/mol. The lowest BCUT2D eigenvalue weighted by Crippen LogP contribution is -2.46. The number of hydrogen-bond donors (Lipinski definition) is 3. The maximum Gasteiger partial charge on any atom is 0.306 e. The first kappa shape index (κ1) is 61.3. The second-order valence-corrected chi connectivity index (χ2v) is 17.2. The minimum Gasteiger partial charge on any atom is -0.458 e. The van der Waals surface area contributed by atoms with Gasteiger partial charge in [0.2, 0.25) is 5.91 Å². The number of hydrogen-bond acceptors (Lipinski definition) is 5. The molecule has 0 aliphatic heterocycles. The quantitative estimate of drug-likeness (QED) is 0.0321. The minimum atomic E-state index is -0.839. The summed E-state index contributed by atoms with van der Waals surface area (Å²) in [6, 6.07) is -0.765. The Labute approximate surface area is 400 Å². The van der Waals surface area contributed by atoms with Gasteiger partial charge in [-0.2, -0.15) is 0 Å². The number of aliphatic hydroxyl groups excluding tert-OH is 2. The van der Waals surface area contributed by atoms with Crippen LogP contribution in [0.5, 0.6) is 0 Å². The van der Waals surface area contributed by atoms with Gasteiger partial charge < -0.3 is 20.3 Å². The molecule has 3 atom stereocenters. The zero-order valence-corrected chi connectivity index (χ0v) is 41.8. The van der Waals surface area contributed by atoms with Crippen LogP contribution in [0, 0.1) is 0 Å². The van der Waals surface area contributed by atoms with Crippen molar-refractivity contribution in [1.82, 2.24) is 5.32 Å². The highest BCUT2D eigenvalue weighted by Gasteiger charge is 2.23. The number of esters is 1. The molecular formula is C59H97NO5. The molecule has 0 aromatic heterocycles. The van der Waals surface area contributed by atoms with Crippen molar-refractivity contribution in [3.05, 3.63) is 122 Å². The Bertz CT molecular complexity index is 1380. The normalized spacial score (nSPS) is 14.2. The third-order valence-electron chi connectivity index (χ3n) is 11.0. The van der Waals surface area contributed by atoms with E-state index in [0.717, 1.165) is 77.0 Å². The summed E-state index contributed by atoms with van der Waals surface area (Å²) in [5.74, 6) is -0.738. The molecule has 368 valence electrons. The Hall–Kier alpha value is -3.74. The molecule has 3 unspecified atom stereocenters. The number of rotatable bonds is 45. The maximum absolute atomic E-state index is 13.2. The average molecular weight is 900 g/mol. The second kappa shape index (κ2) is 51.2. The molecule has 0 saturated heterocycles. The summed E-state index contributed by atoms with van der Waals surface area (Å²) in [5.41, 5.74) is 0. The van der Waals surface area contributed by atoms with Crippen LogP contribution < -0.4 is 5.32 Å². The van der Waals surface area contributed by atoms with E-state index in [0.29, 0.717) is 19.3 Å². The molecule has 0 rings (SSSR count). The first-order valence-corrected chi connectivity index (χ1v) is 26.3. The van der Waals surface area contributed by atoms with Crippen molar-refractivity contribution < 1.29 is 24.5 Å². The maximum atomic E-state index is 13.2. The number of nitrogens with one attached hydrogen (secondary N) is 1. The summed E-state index contributed by atoms with van der Waals surface area (Å²) in [5, 5.41) is 23.7. The average Bonchev–Trinajstić information content (AvgIpc) is 3.30. The van der Waals surface area contributed by atoms with Gasteiger partial charge >= 0.3 is 5.97 Å². The van der Waals surface area contributed by atoms with Crippen molar-refractivity contribution >= 4 is 11.9 Å². The summed E-state index contributed by atoms with van der Waals surface area (Å²) < 4.78 is 5.78. The van der Waals surface area contributed by atoms with Gasteiger partial charge in [0.1, 0.15) is 6.10 Å². The van der Waals surface area contributed by atoms with Gasteiger partial charge in [-0.1, -0.05) is 239 Å². The molecule has 0 bridgehead atoms. The zero-order chi connectivity index (χ0) is 47.4. The Morgan fingerprint density at radius 2 is 0.831 bits per heavy atom. The number of aliphatic hydroxyl groups is 2. The van der Waals surface area contributed by atoms with Gasteiger partial charge in [0, 0.05) is 6.42 Å². The van der Waals surface area contributed by atoms with Gasteiger partial charge in [0.25, 0.3) is 0 Å². The van der Waals surface area contributed by atoms with Crippen LogP contribution in [0.1, 0.15) is 213 Å². The van der Waals surface area contributed by atoms with Crippen LogP contribution in [0.2, 0.25) is 0 Å². The number of carbonyl (C=O) groups is 2. The summed E-state index contributed by atoms with van der Waals surface area (Å²) in [6.45, 7) is 6.20. The van der Waals surface area contributed by atoms with Gasteiger partial charge in [0.05, 0.1) is 25.2 Å². The first-order chi connectivity index (χ1) is 32.0. The fourth-order valence-electron chi connectivity index (χ4n) is 7.15. The number of unbranched alkanes of at least 4 members (excludes halogenated alkanes) is 15. The summed E-state index contributed by atoms with van der Waals surface area (Å²) >= 11 is 0. The Balaban J connectivity index is 4.81. The predicted octanol–water partition coefficient (Wildman–Crippen LogP) is 16.1. The molecule has 1 amide bonds. The molecule has 0 aromatic carbocycles. The van der Waals surface area contributed by atoms with Crippen molar-refractivity contribution in [2.75, 3.05) is 6.61 Å². The van der Waals surface area contributed by atoms with Crippen LogP contribution in [-0.4, -0.2) is 46.9 Å². The molecule has 65 heavy (non-hydrogen) atoms. The van der Waals surface area contributed by atoms with Gasteiger partial charge in [-0.05, 0) is 83.1 Å². The fourth-order valence-corrected chi connectivity index (χ4v) is 7.15. The number of allylic oxidation sites excluding steroid dienone is 19. The molecule has 0 saturated carbocycles. The van der Waals surface area contributed by atoms with E-state index in [4.69, 9.17) is 4.74 Å². The highest BCUT2D eigenvalue weighted by molar-refractivity contribution is 5.78. The van der Waals surface area contributed by atoms with Crippen molar-refractivity contribution in [2.24, 2.45) is 0 Å². The summed E-state index contributed by atoms with van der Waals surface area (Å²) in [7, 11) is 0. The molecule has 0 aliphatic rings. The highest BCUT2D eigenvalue weighted by atomic mass is 16.5. The molecule has 6 nitrogen and oxygen atoms in total. The lowest BCUT2D eigenvalue weighted by Gasteiger charge is -2.23. The molecule has 6 heteroatoms. The van der Waals surface area contributed by atoms with E-state index >= 15 is 0 Å². The van der Waals surface area contributed by atoms with Gasteiger partial charge in [-0.25, -0.2) is 0 Å². The van der Waals surface area contributed by atoms with E-state index in [-0.39, 0.29) is 31.3 Å². The molecule has 0 aliphatic carbocycles. The SMILES string of the molecule is CC/C=C/C/C=C/C/C=C/C/C=C/C/C=C/CCC(=O)OC(/C=C/C/C=C/C/C=C/C/C=C/C/C=C/CC)CC(=O)NC(CO)C(O)CCCCCCCCCCCCCCCCCC. The third kappa shape index (κ3) is 46.6. The lowest BCUT2D eigenvalue weighted by atomic mass is 10.0. The van der Waals surface area contributed by atoms with Crippen LogP contribution in [-0.2, 0) is 14.3 Å². The standard InChI is InChI=1S/C59H97NO5/c1-4-7-10-13-16-19-22-25-28-30-33-36-39-42-45-48-51-57(62)56(54-61)60-58(63)53-55(50-47-44-41-38-35-32-27-24-21-18-15-12-9-6-3)65-59(64)52-49-46-43-40-37-34-31-29-26-23-20-17-14-11-8-5-2/h8-9,11-12,17-18,20-21,26-27,29,32,34,37-38,41,43,46-47,50,55-57,61-62H,4-7,10,13-16,19,22-25,28,30-31,33,35-36,39-40,42,44-45,48-49,51-54H2,1-3H3,(H,60,63)/b11-8+,12-9+,20-17+,21-18+,29-26+,32-27+,37-34+,41-38+,46-43+,50-47+. The number of amides is 1. The van der Waals surface area contributed by atoms with Crippen LogP contribution in [0.25, 0.3) is 0 Å². The van der Waals surface area contributed by atoms with Crippen molar-refractivity contribution in [1.29, 1.82) is 0 Å². The smallest absolute Gasteiger partial charge is 0.306 e. The molecule has 0 radical (unpaired) electrons. The third-order valence-corrected chi connectivity index (χ3v) is 11.0. The van der Waals surface area contributed by atoms with E-state index in [9.17, 15) is 19.8 Å². The van der Waals surface area contributed by atoms with Crippen LogP contribution in [0.15, 0.2) is 122 Å². The zero-order valence-electron chi connectivity index (χ0n) is 41.8. The molecular weight excluding hydrogens is 803 g/mol. The van der Waals surface area contributed by atoms with E-state index in [1.54, 1.807) is 6.08 Å². The molecule has 0 heterocycles. The van der Waals surface area contributed by atoms with E-state index in [1.165, 1.54) is 83.5 Å².